The number of hydrogen-bond acceptors (Lipinski definition) is 2. The molecule has 86 valence electrons. The molecule has 1 atom stereocenters. The second-order valence-corrected chi connectivity index (χ2v) is 3.47. The van der Waals surface area contributed by atoms with E-state index >= 15 is 0 Å². The lowest BCUT2D eigenvalue weighted by Crippen LogP contribution is -2.31. The zero-order valence-electron chi connectivity index (χ0n) is 8.75. The van der Waals surface area contributed by atoms with E-state index in [9.17, 15) is 13.6 Å². The Labute approximate surface area is 92.8 Å². The second-order valence-electron chi connectivity index (χ2n) is 3.47. The van der Waals surface area contributed by atoms with Crippen LogP contribution in [0, 0.1) is 11.6 Å². The van der Waals surface area contributed by atoms with E-state index in [-0.39, 0.29) is 12.0 Å². The van der Waals surface area contributed by atoms with Crippen LogP contribution in [0.1, 0.15) is 12.0 Å². The molecule has 0 radical (unpaired) electrons. The minimum atomic E-state index is -0.753. The van der Waals surface area contributed by atoms with E-state index in [0.717, 1.165) is 12.1 Å². The lowest BCUT2D eigenvalue weighted by Gasteiger charge is -2.09. The number of rotatable bonds is 5. The molecule has 16 heavy (non-hydrogen) atoms. The van der Waals surface area contributed by atoms with Crippen molar-refractivity contribution < 1.29 is 13.6 Å². The number of halogens is 2. The molecule has 0 heterocycles. The van der Waals surface area contributed by atoms with Crippen LogP contribution in [0.15, 0.2) is 30.9 Å². The molecule has 1 rings (SSSR count). The van der Waals surface area contributed by atoms with Crippen LogP contribution in [-0.2, 0) is 11.2 Å². The molecule has 2 N–H and O–H groups in total. The summed E-state index contributed by atoms with van der Waals surface area (Å²) in [7, 11) is 0. The molecule has 4 heteroatoms. The first-order valence-corrected chi connectivity index (χ1v) is 4.88. The van der Waals surface area contributed by atoms with Gasteiger partial charge in [-0.05, 0) is 18.6 Å². The standard InChI is InChI=1S/C12H13F2NO/c1-2-4-11(15)12(16)7-8-9(13)5-3-6-10(8)14/h2-3,5-6,11H,1,4,7,15H2. The van der Waals surface area contributed by atoms with Crippen molar-refractivity contribution in [2.45, 2.75) is 18.9 Å². The topological polar surface area (TPSA) is 43.1 Å². The Morgan fingerprint density at radius 3 is 2.50 bits per heavy atom. The van der Waals surface area contributed by atoms with Crippen molar-refractivity contribution in [3.8, 4) is 0 Å². The highest BCUT2D eigenvalue weighted by Gasteiger charge is 2.17. The first-order valence-electron chi connectivity index (χ1n) is 4.88. The molecule has 0 aliphatic rings. The van der Waals surface area contributed by atoms with E-state index < -0.39 is 23.5 Å². The van der Waals surface area contributed by atoms with Gasteiger partial charge >= 0.3 is 0 Å². The Bertz CT molecular complexity index is 384. The molecule has 0 aliphatic heterocycles. The zero-order valence-corrected chi connectivity index (χ0v) is 8.75. The van der Waals surface area contributed by atoms with Crippen LogP contribution >= 0.6 is 0 Å². The highest BCUT2D eigenvalue weighted by molar-refractivity contribution is 5.86. The van der Waals surface area contributed by atoms with Crippen molar-refractivity contribution in [2.75, 3.05) is 0 Å². The van der Waals surface area contributed by atoms with E-state index in [4.69, 9.17) is 5.73 Å². The lowest BCUT2D eigenvalue weighted by molar-refractivity contribution is -0.119. The summed E-state index contributed by atoms with van der Waals surface area (Å²) in [5, 5.41) is 0. The smallest absolute Gasteiger partial charge is 0.154 e. The van der Waals surface area contributed by atoms with Crippen LogP contribution in [0.4, 0.5) is 8.78 Å². The molecule has 0 fully saturated rings. The highest BCUT2D eigenvalue weighted by Crippen LogP contribution is 2.13. The summed E-state index contributed by atoms with van der Waals surface area (Å²) < 4.78 is 26.4. The van der Waals surface area contributed by atoms with Crippen molar-refractivity contribution in [3.05, 3.63) is 48.1 Å². The Morgan fingerprint density at radius 1 is 1.44 bits per heavy atom. The Balaban J connectivity index is 2.80. The number of carbonyl (C=O) groups is 1. The van der Waals surface area contributed by atoms with Gasteiger partial charge in [0.1, 0.15) is 11.6 Å². The first kappa shape index (κ1) is 12.5. The molecule has 2 nitrogen and oxygen atoms in total. The fourth-order valence-electron chi connectivity index (χ4n) is 1.32. The van der Waals surface area contributed by atoms with Gasteiger partial charge in [0.25, 0.3) is 0 Å². The molecule has 1 unspecified atom stereocenters. The van der Waals surface area contributed by atoms with Crippen molar-refractivity contribution in [1.82, 2.24) is 0 Å². The Morgan fingerprint density at radius 2 is 2.00 bits per heavy atom. The van der Waals surface area contributed by atoms with Gasteiger partial charge in [-0.3, -0.25) is 4.79 Å². The highest BCUT2D eigenvalue weighted by atomic mass is 19.1. The largest absolute Gasteiger partial charge is 0.321 e. The number of carbonyl (C=O) groups excluding carboxylic acids is 1. The summed E-state index contributed by atoms with van der Waals surface area (Å²) in [5.41, 5.74) is 5.28. The quantitative estimate of drug-likeness (QED) is 0.778. The summed E-state index contributed by atoms with van der Waals surface area (Å²) in [5.74, 6) is -1.85. The van der Waals surface area contributed by atoms with E-state index in [0.29, 0.717) is 6.42 Å². The third kappa shape index (κ3) is 2.97. The number of nitrogens with two attached hydrogens (primary N) is 1. The molecular formula is C12H13F2NO. The number of benzene rings is 1. The Kier molecular flexibility index (Phi) is 4.31. The first-order chi connectivity index (χ1) is 7.56. The lowest BCUT2D eigenvalue weighted by atomic mass is 10.0. The molecule has 0 amide bonds. The zero-order chi connectivity index (χ0) is 12.1. The van der Waals surface area contributed by atoms with Gasteiger partial charge in [0, 0.05) is 12.0 Å². The monoisotopic (exact) mass is 225 g/mol. The third-order valence-corrected chi connectivity index (χ3v) is 2.25. The molecule has 1 aromatic rings. The average molecular weight is 225 g/mol. The molecule has 1 aromatic carbocycles. The number of ketones is 1. The minimum absolute atomic E-state index is 0.230. The van der Waals surface area contributed by atoms with Crippen LogP contribution in [0.2, 0.25) is 0 Å². The molecule has 0 saturated carbocycles. The second kappa shape index (κ2) is 5.51. The summed E-state index contributed by atoms with van der Waals surface area (Å²) in [6.07, 6.45) is 1.47. The summed E-state index contributed by atoms with van der Waals surface area (Å²) in [6, 6.07) is 2.73. The van der Waals surface area contributed by atoms with Crippen LogP contribution in [-0.4, -0.2) is 11.8 Å². The van der Waals surface area contributed by atoms with Crippen LogP contribution in [0.3, 0.4) is 0 Å². The minimum Gasteiger partial charge on any atom is -0.321 e. The maximum Gasteiger partial charge on any atom is 0.154 e. The van der Waals surface area contributed by atoms with Gasteiger partial charge in [-0.25, -0.2) is 8.78 Å². The van der Waals surface area contributed by atoms with E-state index in [1.807, 2.05) is 0 Å². The van der Waals surface area contributed by atoms with Crippen molar-refractivity contribution in [2.24, 2.45) is 5.73 Å². The summed E-state index contributed by atoms with van der Waals surface area (Å²) >= 11 is 0. The van der Waals surface area contributed by atoms with Crippen LogP contribution in [0.5, 0.6) is 0 Å². The SMILES string of the molecule is C=CCC(N)C(=O)Cc1c(F)cccc1F. The van der Waals surface area contributed by atoms with E-state index in [1.165, 1.54) is 12.1 Å². The third-order valence-electron chi connectivity index (χ3n) is 2.25. The van der Waals surface area contributed by atoms with Crippen molar-refractivity contribution in [3.63, 3.8) is 0 Å². The van der Waals surface area contributed by atoms with Crippen molar-refractivity contribution >= 4 is 5.78 Å². The van der Waals surface area contributed by atoms with Gasteiger partial charge in [-0.1, -0.05) is 12.1 Å². The average Bonchev–Trinajstić information content (AvgIpc) is 2.23. The van der Waals surface area contributed by atoms with Crippen molar-refractivity contribution in [1.29, 1.82) is 0 Å². The molecule has 0 bridgehead atoms. The van der Waals surface area contributed by atoms with E-state index in [2.05, 4.69) is 6.58 Å². The fraction of sp³-hybridized carbons (Fsp3) is 0.250. The predicted octanol–water partition coefficient (Wildman–Crippen LogP) is 1.98. The van der Waals surface area contributed by atoms with Gasteiger partial charge in [0.15, 0.2) is 5.78 Å². The molecule has 0 spiro atoms. The van der Waals surface area contributed by atoms with Crippen LogP contribution in [0.25, 0.3) is 0 Å². The number of hydrogen-bond donors (Lipinski definition) is 1. The Hall–Kier alpha value is -1.55. The molecule has 0 aromatic heterocycles. The van der Waals surface area contributed by atoms with Gasteiger partial charge < -0.3 is 5.73 Å². The van der Waals surface area contributed by atoms with Gasteiger partial charge in [0.2, 0.25) is 0 Å². The summed E-state index contributed by atoms with van der Waals surface area (Å²) in [4.78, 5) is 11.5. The number of Topliss-reactive ketones (excluding diaryl/α,β-unsaturated/α-hetero) is 1. The van der Waals surface area contributed by atoms with Gasteiger partial charge in [-0.2, -0.15) is 0 Å². The predicted molar refractivity (Wildman–Crippen MR) is 57.9 cm³/mol. The maximum absolute atomic E-state index is 13.2. The fourth-order valence-corrected chi connectivity index (χ4v) is 1.32. The van der Waals surface area contributed by atoms with Gasteiger partial charge in [0.05, 0.1) is 6.04 Å². The molecular weight excluding hydrogens is 212 g/mol. The normalized spacial score (nSPS) is 12.2. The van der Waals surface area contributed by atoms with E-state index in [1.54, 1.807) is 0 Å². The molecule has 0 aliphatic carbocycles. The van der Waals surface area contributed by atoms with Gasteiger partial charge in [-0.15, -0.1) is 6.58 Å². The summed E-state index contributed by atoms with van der Waals surface area (Å²) in [6.45, 7) is 3.44. The van der Waals surface area contributed by atoms with Crippen LogP contribution < -0.4 is 5.73 Å². The maximum atomic E-state index is 13.2. The molecule has 0 saturated heterocycles.